The van der Waals surface area contributed by atoms with Crippen molar-refractivity contribution in [2.75, 3.05) is 13.1 Å². The summed E-state index contributed by atoms with van der Waals surface area (Å²) >= 11 is 0. The van der Waals surface area contributed by atoms with E-state index >= 15 is 0 Å². The number of hydrogen-bond donors (Lipinski definition) is 1. The molecule has 2 radical (unpaired) electrons. The number of nitrogens with one attached hydrogen (secondary N) is 1. The highest BCUT2D eigenvalue weighted by atomic mass is 16.5. The average molecular weight is 334 g/mol. The van der Waals surface area contributed by atoms with Crippen molar-refractivity contribution in [3.05, 3.63) is 71.3 Å². The van der Waals surface area contributed by atoms with Gasteiger partial charge in [-0.3, -0.25) is 0 Å². The molecule has 2 aromatic rings. The fraction of sp³-hybridized carbons (Fsp3) is 0.350. The molecule has 5 heteroatoms. The maximum atomic E-state index is 11.9. The minimum absolute atomic E-state index is 0.282. The lowest BCUT2D eigenvalue weighted by atomic mass is 9.87. The summed E-state index contributed by atoms with van der Waals surface area (Å²) in [6.45, 7) is 2.61. The Kier molecular flexibility index (Phi) is 6.12. The quantitative estimate of drug-likeness (QED) is 0.853. The van der Waals surface area contributed by atoms with E-state index < -0.39 is 6.09 Å². The van der Waals surface area contributed by atoms with E-state index in [1.165, 1.54) is 5.56 Å². The fourth-order valence-electron chi connectivity index (χ4n) is 3.14. The summed E-state index contributed by atoms with van der Waals surface area (Å²) in [4.78, 5) is 13.7. The lowest BCUT2D eigenvalue weighted by Crippen LogP contribution is -2.30. The number of hydrogen-bond acceptors (Lipinski definition) is 3. The van der Waals surface area contributed by atoms with Crippen LogP contribution in [0.5, 0.6) is 0 Å². The first-order valence-electron chi connectivity index (χ1n) is 8.74. The van der Waals surface area contributed by atoms with Gasteiger partial charge in [0, 0.05) is 6.54 Å². The van der Waals surface area contributed by atoms with Gasteiger partial charge in [0.05, 0.1) is 0 Å². The van der Waals surface area contributed by atoms with Crippen LogP contribution in [0.2, 0.25) is 0 Å². The molecule has 1 fully saturated rings. The Balaban J connectivity index is 1.48. The van der Waals surface area contributed by atoms with Gasteiger partial charge in [-0.05, 0) is 48.5 Å². The largest absolute Gasteiger partial charge is 0.445 e. The summed E-state index contributed by atoms with van der Waals surface area (Å²) in [5.41, 5.74) is 3.39. The van der Waals surface area contributed by atoms with Crippen LogP contribution >= 0.6 is 0 Å². The molecule has 1 amide bonds. The summed E-state index contributed by atoms with van der Waals surface area (Å²) in [6, 6.07) is 18.1. The molecule has 0 atom stereocenters. The smallest absolute Gasteiger partial charge is 0.407 e. The summed E-state index contributed by atoms with van der Waals surface area (Å²) in [7, 11) is 5.83. The molecule has 0 saturated carbocycles. The highest BCUT2D eigenvalue weighted by molar-refractivity contribution is 6.04. The molecule has 1 aliphatic heterocycles. The molecule has 1 aliphatic rings. The Labute approximate surface area is 150 Å². The second-order valence-corrected chi connectivity index (χ2v) is 6.47. The van der Waals surface area contributed by atoms with Crippen LogP contribution in [0, 0.1) is 0 Å². The maximum absolute atomic E-state index is 11.9. The lowest BCUT2D eigenvalue weighted by molar-refractivity contribution is 0.139. The van der Waals surface area contributed by atoms with Crippen molar-refractivity contribution in [2.24, 2.45) is 0 Å². The predicted octanol–water partition coefficient (Wildman–Crippen LogP) is 3.38. The minimum Gasteiger partial charge on any atom is -0.445 e. The van der Waals surface area contributed by atoms with E-state index in [-0.39, 0.29) is 6.61 Å². The van der Waals surface area contributed by atoms with E-state index in [1.807, 2.05) is 41.2 Å². The zero-order chi connectivity index (χ0) is 17.5. The summed E-state index contributed by atoms with van der Waals surface area (Å²) < 4.78 is 5.24. The second kappa shape index (κ2) is 8.72. The van der Waals surface area contributed by atoms with Crippen molar-refractivity contribution in [3.63, 3.8) is 0 Å². The van der Waals surface area contributed by atoms with Crippen molar-refractivity contribution < 1.29 is 9.53 Å². The number of nitrogens with zero attached hydrogens (tertiary/aromatic N) is 1. The molecule has 0 bridgehead atoms. The Morgan fingerprint density at radius 2 is 1.80 bits per heavy atom. The standard InChI is InChI=1S/C20H23BN2O2/c21-23-11-9-18(10-12-23)19-8-4-7-17(13-19)14-22-20(24)25-15-16-5-2-1-3-6-16/h1-8,13,18H,9-12,14-15H2,(H,22,24). The normalized spacial score (nSPS) is 15.7. The van der Waals surface area contributed by atoms with Gasteiger partial charge in [-0.25, -0.2) is 4.79 Å². The molecule has 1 heterocycles. The summed E-state index contributed by atoms with van der Waals surface area (Å²) in [5.74, 6) is 0.546. The molecule has 0 unspecified atom stereocenters. The number of carbonyl (C=O) groups excluding carboxylic acids is 1. The summed E-state index contributed by atoms with van der Waals surface area (Å²) in [6.07, 6.45) is 1.75. The minimum atomic E-state index is -0.398. The van der Waals surface area contributed by atoms with E-state index in [0.717, 1.165) is 37.1 Å². The van der Waals surface area contributed by atoms with Gasteiger partial charge in [-0.1, -0.05) is 54.6 Å². The predicted molar refractivity (Wildman–Crippen MR) is 99.2 cm³/mol. The van der Waals surface area contributed by atoms with E-state index in [4.69, 9.17) is 12.7 Å². The van der Waals surface area contributed by atoms with Crippen LogP contribution in [-0.4, -0.2) is 32.0 Å². The van der Waals surface area contributed by atoms with Crippen molar-refractivity contribution in [1.82, 2.24) is 10.1 Å². The molecule has 128 valence electrons. The van der Waals surface area contributed by atoms with Gasteiger partial charge in [0.15, 0.2) is 7.98 Å². The van der Waals surface area contributed by atoms with Gasteiger partial charge in [0.1, 0.15) is 6.61 Å². The third kappa shape index (κ3) is 5.36. The van der Waals surface area contributed by atoms with Crippen LogP contribution in [0.1, 0.15) is 35.4 Å². The second-order valence-electron chi connectivity index (χ2n) is 6.47. The number of alkyl carbamates (subject to hydrolysis) is 1. The first kappa shape index (κ1) is 17.6. The van der Waals surface area contributed by atoms with Crippen molar-refractivity contribution >= 4 is 14.1 Å². The third-order valence-corrected chi connectivity index (χ3v) is 4.60. The van der Waals surface area contributed by atoms with Crippen molar-refractivity contribution in [3.8, 4) is 0 Å². The molecular formula is C20H23BN2O2. The topological polar surface area (TPSA) is 41.6 Å². The van der Waals surface area contributed by atoms with Crippen LogP contribution in [0.15, 0.2) is 54.6 Å². The molecule has 0 spiro atoms. The number of benzene rings is 2. The van der Waals surface area contributed by atoms with Crippen LogP contribution < -0.4 is 5.32 Å². The van der Waals surface area contributed by atoms with Crippen LogP contribution in [0.3, 0.4) is 0 Å². The maximum Gasteiger partial charge on any atom is 0.407 e. The zero-order valence-corrected chi connectivity index (χ0v) is 14.4. The zero-order valence-electron chi connectivity index (χ0n) is 14.4. The molecule has 3 rings (SSSR count). The Hall–Kier alpha value is -2.27. The van der Waals surface area contributed by atoms with Gasteiger partial charge in [-0.2, -0.15) is 0 Å². The van der Waals surface area contributed by atoms with E-state index in [9.17, 15) is 4.79 Å². The molecule has 1 N–H and O–H groups in total. The first-order chi connectivity index (χ1) is 12.2. The number of amides is 1. The number of piperidine rings is 1. The Morgan fingerprint density at radius 3 is 2.56 bits per heavy atom. The molecule has 2 aromatic carbocycles. The van der Waals surface area contributed by atoms with Gasteiger partial charge in [-0.15, -0.1) is 0 Å². The van der Waals surface area contributed by atoms with Crippen molar-refractivity contribution in [2.45, 2.75) is 31.9 Å². The van der Waals surface area contributed by atoms with Crippen molar-refractivity contribution in [1.29, 1.82) is 0 Å². The molecule has 4 nitrogen and oxygen atoms in total. The highest BCUT2D eigenvalue weighted by Crippen LogP contribution is 2.27. The average Bonchev–Trinajstić information content (AvgIpc) is 2.66. The third-order valence-electron chi connectivity index (χ3n) is 4.60. The number of carbonyl (C=O) groups is 1. The Morgan fingerprint density at radius 1 is 1.08 bits per heavy atom. The number of rotatable bonds is 5. The van der Waals surface area contributed by atoms with Crippen LogP contribution in [0.4, 0.5) is 4.79 Å². The first-order valence-corrected chi connectivity index (χ1v) is 8.74. The van der Waals surface area contributed by atoms with Gasteiger partial charge >= 0.3 is 6.09 Å². The van der Waals surface area contributed by atoms with Gasteiger partial charge < -0.3 is 14.9 Å². The number of ether oxygens (including phenoxy) is 1. The lowest BCUT2D eigenvalue weighted by Gasteiger charge is -2.29. The fourth-order valence-corrected chi connectivity index (χ4v) is 3.14. The van der Waals surface area contributed by atoms with Gasteiger partial charge in [0.2, 0.25) is 0 Å². The SMILES string of the molecule is [B]N1CCC(c2cccc(CNC(=O)OCc3ccccc3)c2)CC1. The molecule has 0 aliphatic carbocycles. The highest BCUT2D eigenvalue weighted by Gasteiger charge is 2.18. The van der Waals surface area contributed by atoms with E-state index in [2.05, 4.69) is 23.5 Å². The summed E-state index contributed by atoms with van der Waals surface area (Å²) in [5, 5.41) is 2.82. The molecule has 0 aromatic heterocycles. The molecule has 25 heavy (non-hydrogen) atoms. The van der Waals surface area contributed by atoms with E-state index in [0.29, 0.717) is 12.5 Å². The van der Waals surface area contributed by atoms with E-state index in [1.54, 1.807) is 0 Å². The Bertz CT molecular complexity index is 685. The molecule has 1 saturated heterocycles. The van der Waals surface area contributed by atoms with Crippen LogP contribution in [0.25, 0.3) is 0 Å². The molecular weight excluding hydrogens is 311 g/mol. The van der Waals surface area contributed by atoms with Gasteiger partial charge in [0.25, 0.3) is 0 Å². The monoisotopic (exact) mass is 334 g/mol. The van der Waals surface area contributed by atoms with Crippen LogP contribution in [-0.2, 0) is 17.9 Å².